The van der Waals surface area contributed by atoms with Crippen LogP contribution in [0.15, 0.2) is 48.5 Å². The van der Waals surface area contributed by atoms with E-state index in [1.807, 2.05) is 0 Å². The molecule has 0 radical (unpaired) electrons. The molecule has 0 heterocycles. The largest absolute Gasteiger partial charge is 0.505 e. The summed E-state index contributed by atoms with van der Waals surface area (Å²) in [6.45, 7) is 0. The Bertz CT molecular complexity index is 718. The Balaban J connectivity index is 2.14. The van der Waals surface area contributed by atoms with E-state index in [0.29, 0.717) is 5.56 Å². The lowest BCUT2D eigenvalue weighted by molar-refractivity contribution is 0.0696. The first-order valence-corrected chi connectivity index (χ1v) is 6.01. The van der Waals surface area contributed by atoms with Crippen molar-refractivity contribution in [3.8, 4) is 5.75 Å². The van der Waals surface area contributed by atoms with Crippen molar-refractivity contribution in [3.63, 3.8) is 0 Å². The van der Waals surface area contributed by atoms with E-state index < -0.39 is 23.3 Å². The predicted molar refractivity (Wildman–Crippen MR) is 74.8 cm³/mol. The first kappa shape index (κ1) is 14.5. The van der Waals surface area contributed by atoms with Crippen LogP contribution in [0.25, 0.3) is 6.08 Å². The third-order valence-corrected chi connectivity index (χ3v) is 2.82. The molecule has 0 aliphatic rings. The molecule has 4 nitrogen and oxygen atoms in total. The van der Waals surface area contributed by atoms with E-state index in [1.54, 1.807) is 12.1 Å². The Morgan fingerprint density at radius 2 is 1.62 bits per heavy atom. The van der Waals surface area contributed by atoms with Crippen molar-refractivity contribution in [3.05, 3.63) is 71.0 Å². The van der Waals surface area contributed by atoms with Crippen LogP contribution in [-0.2, 0) is 0 Å². The standard InChI is InChI=1S/C16H11FO4/c17-13-9-12(6-8-15(13)19)14(18)7-3-10-1-4-11(5-2-10)16(20)21/h1-9,19H,(H,20,21). The van der Waals surface area contributed by atoms with Gasteiger partial charge in [0.1, 0.15) is 0 Å². The van der Waals surface area contributed by atoms with Crippen LogP contribution < -0.4 is 0 Å². The Labute approximate surface area is 119 Å². The van der Waals surface area contributed by atoms with E-state index >= 15 is 0 Å². The van der Waals surface area contributed by atoms with Gasteiger partial charge in [-0.25, -0.2) is 9.18 Å². The van der Waals surface area contributed by atoms with Crippen molar-refractivity contribution in [2.75, 3.05) is 0 Å². The summed E-state index contributed by atoms with van der Waals surface area (Å²) < 4.78 is 13.1. The minimum Gasteiger partial charge on any atom is -0.505 e. The summed E-state index contributed by atoms with van der Waals surface area (Å²) in [5.41, 5.74) is 0.912. The average Bonchev–Trinajstić information content (AvgIpc) is 2.48. The molecule has 106 valence electrons. The molecule has 0 fully saturated rings. The SMILES string of the molecule is O=C(O)c1ccc(C=CC(=O)c2ccc(O)c(F)c2)cc1. The van der Waals surface area contributed by atoms with Gasteiger partial charge in [0.2, 0.25) is 0 Å². The molecule has 0 unspecified atom stereocenters. The van der Waals surface area contributed by atoms with Crippen LogP contribution in [0.5, 0.6) is 5.75 Å². The normalized spacial score (nSPS) is 10.7. The molecule has 21 heavy (non-hydrogen) atoms. The second-order valence-electron chi connectivity index (χ2n) is 4.29. The number of benzene rings is 2. The van der Waals surface area contributed by atoms with Gasteiger partial charge in [-0.05, 0) is 42.0 Å². The maximum atomic E-state index is 13.1. The average molecular weight is 286 g/mol. The van der Waals surface area contributed by atoms with E-state index in [1.165, 1.54) is 30.4 Å². The number of phenolic OH excluding ortho intramolecular Hbond substituents is 1. The third-order valence-electron chi connectivity index (χ3n) is 2.82. The highest BCUT2D eigenvalue weighted by molar-refractivity contribution is 6.06. The van der Waals surface area contributed by atoms with Crippen molar-refractivity contribution < 1.29 is 24.2 Å². The molecule has 0 amide bonds. The summed E-state index contributed by atoms with van der Waals surface area (Å²) in [5.74, 6) is -2.82. The van der Waals surface area contributed by atoms with Crippen LogP contribution >= 0.6 is 0 Å². The second-order valence-corrected chi connectivity index (χ2v) is 4.29. The molecule has 2 aromatic carbocycles. The zero-order valence-electron chi connectivity index (χ0n) is 10.8. The highest BCUT2D eigenvalue weighted by Crippen LogP contribution is 2.17. The van der Waals surface area contributed by atoms with Crippen molar-refractivity contribution in [1.82, 2.24) is 0 Å². The third kappa shape index (κ3) is 3.54. The maximum absolute atomic E-state index is 13.1. The Hall–Kier alpha value is -2.95. The van der Waals surface area contributed by atoms with Gasteiger partial charge in [0, 0.05) is 5.56 Å². The fraction of sp³-hybridized carbons (Fsp3) is 0. The first-order chi connectivity index (χ1) is 9.97. The molecular weight excluding hydrogens is 275 g/mol. The Morgan fingerprint density at radius 1 is 1.00 bits per heavy atom. The van der Waals surface area contributed by atoms with Crippen molar-refractivity contribution >= 4 is 17.8 Å². The number of hydrogen-bond acceptors (Lipinski definition) is 3. The zero-order chi connectivity index (χ0) is 15.4. The summed E-state index contributed by atoms with van der Waals surface area (Å²) in [7, 11) is 0. The molecular formula is C16H11FO4. The molecule has 0 bridgehead atoms. The van der Waals surface area contributed by atoms with Crippen molar-refractivity contribution in [2.24, 2.45) is 0 Å². The smallest absolute Gasteiger partial charge is 0.335 e. The van der Waals surface area contributed by atoms with Gasteiger partial charge in [-0.1, -0.05) is 18.2 Å². The second kappa shape index (κ2) is 6.00. The van der Waals surface area contributed by atoms with Gasteiger partial charge in [-0.15, -0.1) is 0 Å². The molecule has 0 atom stereocenters. The molecule has 0 aliphatic carbocycles. The summed E-state index contributed by atoms with van der Waals surface area (Å²) in [4.78, 5) is 22.5. The van der Waals surface area contributed by atoms with E-state index in [9.17, 15) is 14.0 Å². The van der Waals surface area contributed by atoms with Crippen molar-refractivity contribution in [2.45, 2.75) is 0 Å². The molecule has 2 N–H and O–H groups in total. The predicted octanol–water partition coefficient (Wildman–Crippen LogP) is 3.13. The van der Waals surface area contributed by atoms with Gasteiger partial charge in [-0.2, -0.15) is 0 Å². The van der Waals surface area contributed by atoms with E-state index in [2.05, 4.69) is 0 Å². The zero-order valence-corrected chi connectivity index (χ0v) is 10.8. The summed E-state index contributed by atoms with van der Waals surface area (Å²) >= 11 is 0. The maximum Gasteiger partial charge on any atom is 0.335 e. The number of carbonyl (C=O) groups excluding carboxylic acids is 1. The molecule has 0 saturated carbocycles. The molecule has 0 spiro atoms. The lowest BCUT2D eigenvalue weighted by atomic mass is 10.1. The number of aromatic carboxylic acids is 1. The number of phenols is 1. The van der Waals surface area contributed by atoms with Gasteiger partial charge < -0.3 is 10.2 Å². The minimum atomic E-state index is -1.03. The number of carbonyl (C=O) groups is 2. The number of rotatable bonds is 4. The lowest BCUT2D eigenvalue weighted by Crippen LogP contribution is -1.96. The first-order valence-electron chi connectivity index (χ1n) is 6.01. The fourth-order valence-electron chi connectivity index (χ4n) is 1.67. The number of carboxylic acid groups (broad SMARTS) is 1. The number of aromatic hydroxyl groups is 1. The number of hydrogen-bond donors (Lipinski definition) is 2. The quantitative estimate of drug-likeness (QED) is 0.669. The monoisotopic (exact) mass is 286 g/mol. The molecule has 2 rings (SSSR count). The topological polar surface area (TPSA) is 74.6 Å². The van der Waals surface area contributed by atoms with Crippen LogP contribution in [0.2, 0.25) is 0 Å². The molecule has 0 aliphatic heterocycles. The molecule has 5 heteroatoms. The van der Waals surface area contributed by atoms with Gasteiger partial charge in [0.05, 0.1) is 5.56 Å². The lowest BCUT2D eigenvalue weighted by Gasteiger charge is -1.99. The van der Waals surface area contributed by atoms with Crippen LogP contribution in [0, 0.1) is 5.82 Å². The minimum absolute atomic E-state index is 0.115. The molecule has 0 aromatic heterocycles. The van der Waals surface area contributed by atoms with Crippen LogP contribution in [-0.4, -0.2) is 22.0 Å². The van der Waals surface area contributed by atoms with E-state index in [-0.39, 0.29) is 11.1 Å². The van der Waals surface area contributed by atoms with Gasteiger partial charge in [0.25, 0.3) is 0 Å². The fourth-order valence-corrected chi connectivity index (χ4v) is 1.67. The van der Waals surface area contributed by atoms with Gasteiger partial charge in [-0.3, -0.25) is 4.79 Å². The van der Waals surface area contributed by atoms with Gasteiger partial charge >= 0.3 is 5.97 Å². The summed E-state index contributed by atoms with van der Waals surface area (Å²) in [6.07, 6.45) is 2.75. The number of carboxylic acids is 1. The van der Waals surface area contributed by atoms with E-state index in [4.69, 9.17) is 10.2 Å². The number of allylic oxidation sites excluding steroid dienone is 1. The van der Waals surface area contributed by atoms with E-state index in [0.717, 1.165) is 12.1 Å². The summed E-state index contributed by atoms with van der Waals surface area (Å²) in [5, 5.41) is 17.8. The Morgan fingerprint density at radius 3 is 2.19 bits per heavy atom. The van der Waals surface area contributed by atoms with Crippen LogP contribution in [0.4, 0.5) is 4.39 Å². The summed E-state index contributed by atoms with van der Waals surface area (Å²) in [6, 6.07) is 9.35. The molecule has 2 aromatic rings. The number of halogens is 1. The number of ketones is 1. The highest BCUT2D eigenvalue weighted by Gasteiger charge is 2.06. The Kier molecular flexibility index (Phi) is 4.13. The van der Waals surface area contributed by atoms with Crippen LogP contribution in [0.3, 0.4) is 0 Å². The van der Waals surface area contributed by atoms with Gasteiger partial charge in [0.15, 0.2) is 17.3 Å². The van der Waals surface area contributed by atoms with Crippen LogP contribution in [0.1, 0.15) is 26.3 Å². The highest BCUT2D eigenvalue weighted by atomic mass is 19.1. The molecule has 0 saturated heterocycles. The van der Waals surface area contributed by atoms with Crippen molar-refractivity contribution in [1.29, 1.82) is 0 Å².